The maximum absolute atomic E-state index is 9.88. The lowest BCUT2D eigenvalue weighted by Crippen LogP contribution is -2.39. The van der Waals surface area contributed by atoms with Crippen molar-refractivity contribution < 1.29 is 14.6 Å². The van der Waals surface area contributed by atoms with Crippen LogP contribution in [0.3, 0.4) is 0 Å². The molecule has 1 atom stereocenters. The van der Waals surface area contributed by atoms with E-state index in [0.717, 1.165) is 28.2 Å². The van der Waals surface area contributed by atoms with Crippen molar-refractivity contribution in [3.05, 3.63) is 47.0 Å². The van der Waals surface area contributed by atoms with E-state index in [0.29, 0.717) is 19.6 Å². The standard InChI is InChI=1S/C25H35NO3/c1-16-13-18(28-12-11-25(6,7)27)14-17(2)22(16)20-10-8-9-19-21(15-29-23(19)20)26-24(3,4)5/h8-10,13-14,21,26-27H,11-12,15H2,1-7H3/t21-/m1/s1. The fourth-order valence-corrected chi connectivity index (χ4v) is 3.94. The first-order valence-corrected chi connectivity index (χ1v) is 10.4. The Bertz CT molecular complexity index is 852. The fourth-order valence-electron chi connectivity index (χ4n) is 3.94. The number of ether oxygens (including phenoxy) is 2. The van der Waals surface area contributed by atoms with E-state index in [2.05, 4.69) is 70.3 Å². The molecule has 1 heterocycles. The molecule has 0 fully saturated rings. The molecule has 3 rings (SSSR count). The van der Waals surface area contributed by atoms with Crippen LogP contribution >= 0.6 is 0 Å². The lowest BCUT2D eigenvalue weighted by molar-refractivity contribution is 0.0553. The van der Waals surface area contributed by atoms with Crippen molar-refractivity contribution in [3.63, 3.8) is 0 Å². The van der Waals surface area contributed by atoms with Crippen LogP contribution in [-0.4, -0.2) is 29.5 Å². The molecule has 1 aliphatic heterocycles. The SMILES string of the molecule is Cc1cc(OCCC(C)(C)O)cc(C)c1-c1cccc2c1OC[C@H]2NC(C)(C)C. The van der Waals surface area contributed by atoms with E-state index < -0.39 is 5.60 Å². The molecule has 0 radical (unpaired) electrons. The first-order chi connectivity index (χ1) is 13.4. The Labute approximate surface area is 175 Å². The third kappa shape index (κ3) is 5.31. The second-order valence-corrected chi connectivity index (χ2v) is 9.82. The number of fused-ring (bicyclic) bond motifs is 1. The molecular weight excluding hydrogens is 362 g/mol. The van der Waals surface area contributed by atoms with Crippen LogP contribution in [0, 0.1) is 13.8 Å². The third-order valence-corrected chi connectivity index (χ3v) is 5.18. The zero-order valence-corrected chi connectivity index (χ0v) is 18.8. The summed E-state index contributed by atoms with van der Waals surface area (Å²) >= 11 is 0. The van der Waals surface area contributed by atoms with Crippen molar-refractivity contribution in [1.82, 2.24) is 5.32 Å². The van der Waals surface area contributed by atoms with E-state index in [1.807, 2.05) is 0 Å². The van der Waals surface area contributed by atoms with Crippen LogP contribution in [0.15, 0.2) is 30.3 Å². The smallest absolute Gasteiger partial charge is 0.132 e. The molecule has 158 valence electrons. The summed E-state index contributed by atoms with van der Waals surface area (Å²) in [4.78, 5) is 0. The number of nitrogens with one attached hydrogen (secondary N) is 1. The van der Waals surface area contributed by atoms with E-state index in [4.69, 9.17) is 9.47 Å². The summed E-state index contributed by atoms with van der Waals surface area (Å²) < 4.78 is 12.1. The Hall–Kier alpha value is -2.04. The molecule has 4 heteroatoms. The molecule has 0 aromatic heterocycles. The Morgan fingerprint density at radius 3 is 2.34 bits per heavy atom. The summed E-state index contributed by atoms with van der Waals surface area (Å²) in [5, 5.41) is 13.5. The molecule has 0 saturated carbocycles. The molecule has 0 spiro atoms. The van der Waals surface area contributed by atoms with Gasteiger partial charge in [-0.15, -0.1) is 0 Å². The van der Waals surface area contributed by atoms with Crippen LogP contribution in [0.2, 0.25) is 0 Å². The van der Waals surface area contributed by atoms with Gasteiger partial charge in [-0.3, -0.25) is 0 Å². The molecule has 29 heavy (non-hydrogen) atoms. The summed E-state index contributed by atoms with van der Waals surface area (Å²) in [6.07, 6.45) is 0.592. The van der Waals surface area contributed by atoms with Gasteiger partial charge < -0.3 is 19.9 Å². The summed E-state index contributed by atoms with van der Waals surface area (Å²) in [5.74, 6) is 1.82. The van der Waals surface area contributed by atoms with Crippen LogP contribution in [0.4, 0.5) is 0 Å². The summed E-state index contributed by atoms with van der Waals surface area (Å²) in [6.45, 7) is 15.5. The van der Waals surface area contributed by atoms with Gasteiger partial charge in [0.1, 0.15) is 18.1 Å². The highest BCUT2D eigenvalue weighted by atomic mass is 16.5. The number of hydrogen-bond acceptors (Lipinski definition) is 4. The molecule has 4 nitrogen and oxygen atoms in total. The highest BCUT2D eigenvalue weighted by molar-refractivity contribution is 5.79. The molecule has 0 unspecified atom stereocenters. The van der Waals surface area contributed by atoms with Crippen molar-refractivity contribution >= 4 is 0 Å². The number of benzene rings is 2. The summed E-state index contributed by atoms with van der Waals surface area (Å²) in [7, 11) is 0. The monoisotopic (exact) mass is 397 g/mol. The quantitative estimate of drug-likeness (QED) is 0.691. The van der Waals surface area contributed by atoms with Gasteiger partial charge in [-0.05, 0) is 77.3 Å². The van der Waals surface area contributed by atoms with Crippen LogP contribution < -0.4 is 14.8 Å². The first-order valence-electron chi connectivity index (χ1n) is 10.4. The predicted molar refractivity (Wildman–Crippen MR) is 119 cm³/mol. The molecule has 2 aromatic rings. The maximum Gasteiger partial charge on any atom is 0.132 e. The zero-order chi connectivity index (χ0) is 21.4. The third-order valence-electron chi connectivity index (χ3n) is 5.18. The van der Waals surface area contributed by atoms with Gasteiger partial charge in [0.15, 0.2) is 0 Å². The van der Waals surface area contributed by atoms with Crippen LogP contribution in [0.1, 0.15) is 63.8 Å². The molecule has 1 aliphatic rings. The summed E-state index contributed by atoms with van der Waals surface area (Å²) in [5.41, 5.74) is 5.19. The van der Waals surface area contributed by atoms with Crippen LogP contribution in [0.5, 0.6) is 11.5 Å². The van der Waals surface area contributed by atoms with E-state index in [9.17, 15) is 5.11 Å². The Balaban J connectivity index is 1.88. The maximum atomic E-state index is 9.88. The normalized spacial score (nSPS) is 16.5. The largest absolute Gasteiger partial charge is 0.493 e. The lowest BCUT2D eigenvalue weighted by atomic mass is 9.92. The van der Waals surface area contributed by atoms with Crippen molar-refractivity contribution in [2.75, 3.05) is 13.2 Å². The topological polar surface area (TPSA) is 50.7 Å². The highest BCUT2D eigenvalue weighted by Gasteiger charge is 2.30. The van der Waals surface area contributed by atoms with Crippen molar-refractivity contribution in [1.29, 1.82) is 0 Å². The number of aliphatic hydroxyl groups is 1. The van der Waals surface area contributed by atoms with Gasteiger partial charge in [0.2, 0.25) is 0 Å². The first kappa shape index (κ1) is 21.7. The van der Waals surface area contributed by atoms with Crippen LogP contribution in [0.25, 0.3) is 11.1 Å². The van der Waals surface area contributed by atoms with E-state index >= 15 is 0 Å². The number of para-hydroxylation sites is 1. The van der Waals surface area contributed by atoms with Gasteiger partial charge in [-0.2, -0.15) is 0 Å². The van der Waals surface area contributed by atoms with Gasteiger partial charge >= 0.3 is 0 Å². The van der Waals surface area contributed by atoms with E-state index in [1.165, 1.54) is 11.1 Å². The van der Waals surface area contributed by atoms with Gasteiger partial charge in [0.25, 0.3) is 0 Å². The van der Waals surface area contributed by atoms with E-state index in [-0.39, 0.29) is 11.6 Å². The second-order valence-electron chi connectivity index (χ2n) is 9.82. The van der Waals surface area contributed by atoms with Crippen molar-refractivity contribution in [2.45, 2.75) is 72.1 Å². The molecule has 0 saturated heterocycles. The fraction of sp³-hybridized carbons (Fsp3) is 0.520. The van der Waals surface area contributed by atoms with E-state index in [1.54, 1.807) is 13.8 Å². The highest BCUT2D eigenvalue weighted by Crippen LogP contribution is 2.44. The number of aryl methyl sites for hydroxylation is 2. The minimum absolute atomic E-state index is 0.0274. The Morgan fingerprint density at radius 2 is 1.76 bits per heavy atom. The number of hydrogen-bond donors (Lipinski definition) is 2. The Morgan fingerprint density at radius 1 is 1.10 bits per heavy atom. The summed E-state index contributed by atoms with van der Waals surface area (Å²) in [6, 6.07) is 10.8. The predicted octanol–water partition coefficient (Wildman–Crippen LogP) is 5.33. The number of rotatable bonds is 6. The van der Waals surface area contributed by atoms with Gasteiger partial charge in [0, 0.05) is 23.1 Å². The van der Waals surface area contributed by atoms with Crippen molar-refractivity contribution in [3.8, 4) is 22.6 Å². The van der Waals surface area contributed by atoms with Crippen molar-refractivity contribution in [2.24, 2.45) is 0 Å². The zero-order valence-electron chi connectivity index (χ0n) is 18.8. The average Bonchev–Trinajstić information content (AvgIpc) is 2.95. The minimum Gasteiger partial charge on any atom is -0.493 e. The van der Waals surface area contributed by atoms with Gasteiger partial charge in [0.05, 0.1) is 18.2 Å². The molecule has 0 bridgehead atoms. The van der Waals surface area contributed by atoms with Gasteiger partial charge in [-0.25, -0.2) is 0 Å². The molecule has 0 aliphatic carbocycles. The molecule has 2 aromatic carbocycles. The second kappa shape index (κ2) is 8.00. The lowest BCUT2D eigenvalue weighted by Gasteiger charge is -2.25. The Kier molecular flexibility index (Phi) is 5.98. The molecule has 0 amide bonds. The van der Waals surface area contributed by atoms with Gasteiger partial charge in [-0.1, -0.05) is 18.2 Å². The molecular formula is C25H35NO3. The van der Waals surface area contributed by atoms with Crippen LogP contribution in [-0.2, 0) is 0 Å². The minimum atomic E-state index is -0.719. The molecule has 2 N–H and O–H groups in total. The average molecular weight is 398 g/mol.